The van der Waals surface area contributed by atoms with Crippen molar-refractivity contribution in [3.05, 3.63) is 73.3 Å². The summed E-state index contributed by atoms with van der Waals surface area (Å²) in [6, 6.07) is 9.61. The minimum Gasteiger partial charge on any atom is -0.338 e. The number of aromatic nitrogens is 5. The molecule has 0 saturated carbocycles. The van der Waals surface area contributed by atoms with Crippen molar-refractivity contribution in [1.82, 2.24) is 24.5 Å². The lowest BCUT2D eigenvalue weighted by molar-refractivity contribution is -0.111. The zero-order chi connectivity index (χ0) is 19.5. The Bertz CT molecular complexity index is 1160. The number of fused-ring (bicyclic) bond motifs is 1. The fraction of sp³-hybridized carbons (Fsp3) is 0.100. The highest BCUT2D eigenvalue weighted by molar-refractivity contribution is 5.98. The maximum atomic E-state index is 11.5. The SMILES string of the molecule is C=CC(=O)Nc1cccc(Cn2ncc3cnc(Nc4cnn(C)c4)cc32)c1. The van der Waals surface area contributed by atoms with Gasteiger partial charge in [0.1, 0.15) is 5.82 Å². The fourth-order valence-corrected chi connectivity index (χ4v) is 2.91. The summed E-state index contributed by atoms with van der Waals surface area (Å²) < 4.78 is 3.63. The third-order valence-electron chi connectivity index (χ3n) is 4.22. The molecule has 3 aromatic heterocycles. The predicted octanol–water partition coefficient (Wildman–Crippen LogP) is 3.08. The van der Waals surface area contributed by atoms with Crippen LogP contribution in [0.4, 0.5) is 17.2 Å². The molecule has 2 N–H and O–H groups in total. The minimum absolute atomic E-state index is 0.237. The van der Waals surface area contributed by atoms with Crippen molar-refractivity contribution in [2.24, 2.45) is 7.05 Å². The van der Waals surface area contributed by atoms with Crippen molar-refractivity contribution >= 4 is 34.0 Å². The molecule has 1 amide bonds. The number of rotatable bonds is 6. The Morgan fingerprint density at radius 2 is 2.07 bits per heavy atom. The first-order valence-corrected chi connectivity index (χ1v) is 8.70. The normalized spacial score (nSPS) is 10.8. The van der Waals surface area contributed by atoms with E-state index in [1.807, 2.05) is 48.3 Å². The molecule has 0 saturated heterocycles. The molecular weight excluding hydrogens is 354 g/mol. The number of amides is 1. The molecule has 0 aliphatic carbocycles. The number of aryl methyl sites for hydroxylation is 1. The lowest BCUT2D eigenvalue weighted by Crippen LogP contribution is -2.08. The van der Waals surface area contributed by atoms with Gasteiger partial charge in [-0.25, -0.2) is 4.98 Å². The average Bonchev–Trinajstić information content (AvgIpc) is 3.28. The van der Waals surface area contributed by atoms with Gasteiger partial charge in [-0.15, -0.1) is 0 Å². The number of carbonyl (C=O) groups is 1. The molecule has 3 heterocycles. The third-order valence-corrected chi connectivity index (χ3v) is 4.22. The van der Waals surface area contributed by atoms with Crippen LogP contribution in [0, 0.1) is 0 Å². The van der Waals surface area contributed by atoms with E-state index in [0.717, 1.165) is 27.8 Å². The molecule has 0 fully saturated rings. The summed E-state index contributed by atoms with van der Waals surface area (Å²) in [6.07, 6.45) is 8.45. The van der Waals surface area contributed by atoms with Gasteiger partial charge >= 0.3 is 0 Å². The highest BCUT2D eigenvalue weighted by atomic mass is 16.1. The van der Waals surface area contributed by atoms with Crippen LogP contribution in [0.5, 0.6) is 0 Å². The minimum atomic E-state index is -0.237. The Kier molecular flexibility index (Phi) is 4.59. The molecule has 0 aliphatic rings. The molecule has 0 spiro atoms. The van der Waals surface area contributed by atoms with E-state index in [1.165, 1.54) is 6.08 Å². The van der Waals surface area contributed by atoms with Gasteiger partial charge in [0.25, 0.3) is 0 Å². The van der Waals surface area contributed by atoms with E-state index in [1.54, 1.807) is 23.3 Å². The first-order chi connectivity index (χ1) is 13.6. The topological polar surface area (TPSA) is 89.7 Å². The molecular formula is C20H19N7O. The number of benzene rings is 1. The van der Waals surface area contributed by atoms with Crippen molar-refractivity contribution < 1.29 is 4.79 Å². The molecule has 1 aromatic carbocycles. The maximum absolute atomic E-state index is 11.5. The van der Waals surface area contributed by atoms with Gasteiger partial charge in [-0.3, -0.25) is 14.2 Å². The summed E-state index contributed by atoms with van der Waals surface area (Å²) in [4.78, 5) is 15.9. The standard InChI is InChI=1S/C20H19N7O/c1-3-20(28)25-16-6-4-5-14(7-16)12-27-18-8-19(21-9-15(18)10-23-27)24-17-11-22-26(2)13-17/h3-11,13H,1,12H2,2H3,(H,21,24)(H,25,28). The molecule has 4 aromatic rings. The van der Waals surface area contributed by atoms with Gasteiger partial charge in [0, 0.05) is 36.6 Å². The number of nitrogens with zero attached hydrogens (tertiary/aromatic N) is 5. The van der Waals surface area contributed by atoms with E-state index in [9.17, 15) is 4.79 Å². The molecule has 0 atom stereocenters. The van der Waals surface area contributed by atoms with Gasteiger partial charge in [-0.2, -0.15) is 10.2 Å². The Hall–Kier alpha value is -3.94. The van der Waals surface area contributed by atoms with Crippen molar-refractivity contribution in [3.8, 4) is 0 Å². The maximum Gasteiger partial charge on any atom is 0.247 e. The number of nitrogens with one attached hydrogen (secondary N) is 2. The zero-order valence-electron chi connectivity index (χ0n) is 15.3. The Balaban J connectivity index is 1.58. The van der Waals surface area contributed by atoms with E-state index in [-0.39, 0.29) is 5.91 Å². The first-order valence-electron chi connectivity index (χ1n) is 8.70. The lowest BCUT2D eigenvalue weighted by atomic mass is 10.2. The van der Waals surface area contributed by atoms with Gasteiger partial charge in [-0.05, 0) is 23.8 Å². The van der Waals surface area contributed by atoms with Crippen molar-refractivity contribution in [3.63, 3.8) is 0 Å². The van der Waals surface area contributed by atoms with E-state index >= 15 is 0 Å². The van der Waals surface area contributed by atoms with Gasteiger partial charge in [0.15, 0.2) is 0 Å². The second kappa shape index (κ2) is 7.36. The smallest absolute Gasteiger partial charge is 0.247 e. The van der Waals surface area contributed by atoms with Crippen molar-refractivity contribution in [2.75, 3.05) is 10.6 Å². The molecule has 8 nitrogen and oxygen atoms in total. The van der Waals surface area contributed by atoms with Crippen molar-refractivity contribution in [1.29, 1.82) is 0 Å². The second-order valence-electron chi connectivity index (χ2n) is 6.35. The molecule has 0 aliphatic heterocycles. The van der Waals surface area contributed by atoms with E-state index in [2.05, 4.69) is 32.4 Å². The van der Waals surface area contributed by atoms with Gasteiger partial charge in [-0.1, -0.05) is 18.7 Å². The van der Waals surface area contributed by atoms with Crippen LogP contribution in [-0.2, 0) is 18.4 Å². The van der Waals surface area contributed by atoms with Crippen LogP contribution in [0.1, 0.15) is 5.56 Å². The molecule has 0 radical (unpaired) electrons. The van der Waals surface area contributed by atoms with E-state index in [4.69, 9.17) is 0 Å². The van der Waals surface area contributed by atoms with Crippen LogP contribution in [0.25, 0.3) is 10.9 Å². The lowest BCUT2D eigenvalue weighted by Gasteiger charge is -2.08. The summed E-state index contributed by atoms with van der Waals surface area (Å²) in [5, 5.41) is 15.6. The summed E-state index contributed by atoms with van der Waals surface area (Å²) >= 11 is 0. The molecule has 0 bridgehead atoms. The number of hydrogen-bond acceptors (Lipinski definition) is 5. The molecule has 4 rings (SSSR count). The summed E-state index contributed by atoms with van der Waals surface area (Å²) in [7, 11) is 1.86. The van der Waals surface area contributed by atoms with Crippen LogP contribution >= 0.6 is 0 Å². The third kappa shape index (κ3) is 3.75. The van der Waals surface area contributed by atoms with Crippen LogP contribution in [-0.4, -0.2) is 30.5 Å². The Morgan fingerprint density at radius 3 is 2.86 bits per heavy atom. The van der Waals surface area contributed by atoms with Crippen LogP contribution in [0.2, 0.25) is 0 Å². The Morgan fingerprint density at radius 1 is 1.18 bits per heavy atom. The van der Waals surface area contributed by atoms with Crippen molar-refractivity contribution in [2.45, 2.75) is 6.54 Å². The van der Waals surface area contributed by atoms with Crippen LogP contribution < -0.4 is 10.6 Å². The van der Waals surface area contributed by atoms with Gasteiger partial charge < -0.3 is 10.6 Å². The number of carbonyl (C=O) groups excluding carboxylic acids is 1. The number of anilines is 3. The summed E-state index contributed by atoms with van der Waals surface area (Å²) in [6.45, 7) is 4.04. The summed E-state index contributed by atoms with van der Waals surface area (Å²) in [5.74, 6) is 0.480. The van der Waals surface area contributed by atoms with Crippen LogP contribution in [0.3, 0.4) is 0 Å². The monoisotopic (exact) mass is 373 g/mol. The Labute approximate surface area is 161 Å². The van der Waals surface area contributed by atoms with E-state index in [0.29, 0.717) is 12.4 Å². The zero-order valence-corrected chi connectivity index (χ0v) is 15.3. The predicted molar refractivity (Wildman–Crippen MR) is 108 cm³/mol. The molecule has 8 heteroatoms. The van der Waals surface area contributed by atoms with Gasteiger partial charge in [0.2, 0.25) is 5.91 Å². The molecule has 28 heavy (non-hydrogen) atoms. The quantitative estimate of drug-likeness (QED) is 0.507. The first kappa shape index (κ1) is 17.5. The number of hydrogen-bond donors (Lipinski definition) is 2. The highest BCUT2D eigenvalue weighted by Crippen LogP contribution is 2.21. The van der Waals surface area contributed by atoms with E-state index < -0.39 is 0 Å². The largest absolute Gasteiger partial charge is 0.338 e. The average molecular weight is 373 g/mol. The molecule has 0 unspecified atom stereocenters. The second-order valence-corrected chi connectivity index (χ2v) is 6.35. The summed E-state index contributed by atoms with van der Waals surface area (Å²) in [5.41, 5.74) is 3.57. The number of pyridine rings is 1. The van der Waals surface area contributed by atoms with Crippen LogP contribution in [0.15, 0.2) is 67.8 Å². The fourth-order valence-electron chi connectivity index (χ4n) is 2.91. The molecule has 140 valence electrons. The highest BCUT2D eigenvalue weighted by Gasteiger charge is 2.08. The van der Waals surface area contributed by atoms with Gasteiger partial charge in [0.05, 0.1) is 30.1 Å².